The number of ether oxygens (including phenoxy) is 2. The van der Waals surface area contributed by atoms with E-state index in [2.05, 4.69) is 0 Å². The third-order valence-electron chi connectivity index (χ3n) is 5.18. The maximum atomic E-state index is 13.2. The van der Waals surface area contributed by atoms with Gasteiger partial charge in [-0.25, -0.2) is 0 Å². The largest absolute Gasteiger partial charge is 0.870 e. The van der Waals surface area contributed by atoms with E-state index in [1.165, 1.54) is 13.0 Å². The summed E-state index contributed by atoms with van der Waals surface area (Å²) in [6, 6.07) is 5.25. The molecule has 5 unspecified atom stereocenters. The zero-order chi connectivity index (χ0) is 23.3. The molecule has 0 bridgehead atoms. The highest BCUT2D eigenvalue weighted by Crippen LogP contribution is 2.38. The quantitative estimate of drug-likeness (QED) is 0.313. The molecule has 0 amide bonds. The van der Waals surface area contributed by atoms with Gasteiger partial charge in [-0.2, -0.15) is 0 Å². The predicted octanol–water partition coefficient (Wildman–Crippen LogP) is -0.143. The van der Waals surface area contributed by atoms with Crippen molar-refractivity contribution >= 4 is 11.0 Å². The van der Waals surface area contributed by atoms with Crippen molar-refractivity contribution in [2.24, 2.45) is 0 Å². The van der Waals surface area contributed by atoms with E-state index in [1.807, 2.05) is 0 Å². The molecule has 2 heterocycles. The summed E-state index contributed by atoms with van der Waals surface area (Å²) < 4.78 is 16.6. The van der Waals surface area contributed by atoms with Crippen LogP contribution in [0.5, 0.6) is 28.7 Å². The van der Waals surface area contributed by atoms with Gasteiger partial charge in [0.1, 0.15) is 46.5 Å². The fourth-order valence-corrected chi connectivity index (χ4v) is 3.45. The molecule has 1 aliphatic rings. The molecule has 0 aliphatic carbocycles. The fourth-order valence-electron chi connectivity index (χ4n) is 3.45. The number of aromatic hydroxyl groups is 3. The summed E-state index contributed by atoms with van der Waals surface area (Å²) in [5.41, 5.74) is -1.12. The first-order valence-corrected chi connectivity index (χ1v) is 9.48. The first kappa shape index (κ1) is 21.7. The summed E-state index contributed by atoms with van der Waals surface area (Å²) >= 11 is 0. The molecule has 32 heavy (non-hydrogen) atoms. The zero-order valence-electron chi connectivity index (χ0n) is 16.5. The summed E-state index contributed by atoms with van der Waals surface area (Å²) in [7, 11) is 0. The SMILES string of the molecule is CC1OC(Oc2c(-c3ccc([O-])c(O)c3)oc3cc(O)cc(O)c3c2=O)C(O)C(O)C1O. The van der Waals surface area contributed by atoms with Gasteiger partial charge in [-0.1, -0.05) is 17.9 Å². The van der Waals surface area contributed by atoms with Crippen LogP contribution in [0.4, 0.5) is 0 Å². The van der Waals surface area contributed by atoms with Crippen molar-refractivity contribution < 1.29 is 49.6 Å². The number of aliphatic hydroxyl groups is 3. The van der Waals surface area contributed by atoms with Crippen LogP contribution in [0.15, 0.2) is 39.5 Å². The zero-order valence-corrected chi connectivity index (χ0v) is 16.5. The van der Waals surface area contributed by atoms with Crippen LogP contribution in [-0.2, 0) is 4.74 Å². The topological polar surface area (TPSA) is 193 Å². The highest BCUT2D eigenvalue weighted by molar-refractivity contribution is 5.88. The van der Waals surface area contributed by atoms with Crippen molar-refractivity contribution in [3.63, 3.8) is 0 Å². The number of aliphatic hydroxyl groups excluding tert-OH is 3. The van der Waals surface area contributed by atoms with Gasteiger partial charge in [-0.05, 0) is 13.0 Å². The number of hydrogen-bond acceptors (Lipinski definition) is 11. The standard InChI is InChI=1S/C21H20O11/c1-7-15(26)17(28)18(29)21(30-7)32-20-16(27)14-12(25)5-9(22)6-13(14)31-19(20)8-2-3-10(23)11(24)4-8/h2-7,15,17-18,21-26,28-29H,1H3/p-1. The van der Waals surface area contributed by atoms with E-state index in [0.717, 1.165) is 24.3 Å². The Morgan fingerprint density at radius 3 is 2.38 bits per heavy atom. The van der Waals surface area contributed by atoms with E-state index in [9.17, 15) is 40.5 Å². The molecule has 0 spiro atoms. The Hall–Kier alpha value is -3.51. The lowest BCUT2D eigenvalue weighted by atomic mass is 10.00. The Labute approximate surface area is 179 Å². The highest BCUT2D eigenvalue weighted by Gasteiger charge is 2.44. The van der Waals surface area contributed by atoms with Gasteiger partial charge in [0.25, 0.3) is 0 Å². The average molecular weight is 447 g/mol. The molecule has 4 rings (SSSR count). The summed E-state index contributed by atoms with van der Waals surface area (Å²) in [5, 5.41) is 71.1. The molecule has 11 nitrogen and oxygen atoms in total. The molecule has 0 radical (unpaired) electrons. The van der Waals surface area contributed by atoms with Crippen LogP contribution < -0.4 is 15.3 Å². The number of fused-ring (bicyclic) bond motifs is 1. The van der Waals surface area contributed by atoms with Crippen molar-refractivity contribution in [1.82, 2.24) is 0 Å². The van der Waals surface area contributed by atoms with Crippen molar-refractivity contribution in [3.8, 4) is 40.1 Å². The molecule has 5 atom stereocenters. The Bertz CT molecular complexity index is 1230. The van der Waals surface area contributed by atoms with Crippen LogP contribution in [0.2, 0.25) is 0 Å². The van der Waals surface area contributed by atoms with Gasteiger partial charge in [0.15, 0.2) is 5.76 Å². The second-order valence-electron chi connectivity index (χ2n) is 7.41. The van der Waals surface area contributed by atoms with Gasteiger partial charge in [0, 0.05) is 17.7 Å². The van der Waals surface area contributed by atoms with Crippen LogP contribution in [0.25, 0.3) is 22.3 Å². The maximum absolute atomic E-state index is 13.2. The molecule has 3 aromatic rings. The first-order chi connectivity index (χ1) is 15.1. The van der Waals surface area contributed by atoms with Crippen LogP contribution in [-0.4, -0.2) is 61.3 Å². The Kier molecular flexibility index (Phi) is 5.34. The van der Waals surface area contributed by atoms with E-state index in [-0.39, 0.29) is 22.3 Å². The maximum Gasteiger partial charge on any atom is 0.239 e. The minimum Gasteiger partial charge on any atom is -0.870 e. The molecule has 1 aromatic heterocycles. The minimum atomic E-state index is -1.75. The molecule has 1 fully saturated rings. The smallest absolute Gasteiger partial charge is 0.239 e. The van der Waals surface area contributed by atoms with Crippen molar-refractivity contribution in [2.45, 2.75) is 37.6 Å². The van der Waals surface area contributed by atoms with E-state index in [4.69, 9.17) is 13.9 Å². The lowest BCUT2D eigenvalue weighted by molar-refractivity contribution is -0.270. The summed E-state index contributed by atoms with van der Waals surface area (Å²) in [5.74, 6) is -3.23. The number of benzene rings is 2. The van der Waals surface area contributed by atoms with Crippen LogP contribution in [0.3, 0.4) is 0 Å². The molecule has 0 saturated carbocycles. The Morgan fingerprint density at radius 1 is 0.969 bits per heavy atom. The van der Waals surface area contributed by atoms with Crippen molar-refractivity contribution in [1.29, 1.82) is 0 Å². The Morgan fingerprint density at radius 2 is 1.69 bits per heavy atom. The summed E-state index contributed by atoms with van der Waals surface area (Å²) in [4.78, 5) is 13.2. The Balaban J connectivity index is 1.92. The molecular weight excluding hydrogens is 428 g/mol. The van der Waals surface area contributed by atoms with Gasteiger partial charge in [0.2, 0.25) is 17.5 Å². The van der Waals surface area contributed by atoms with E-state index in [1.54, 1.807) is 0 Å². The van der Waals surface area contributed by atoms with Crippen LogP contribution in [0, 0.1) is 0 Å². The number of phenolic OH excluding ortho intramolecular Hbond substituents is 3. The predicted molar refractivity (Wildman–Crippen MR) is 105 cm³/mol. The average Bonchev–Trinajstić information content (AvgIpc) is 2.73. The van der Waals surface area contributed by atoms with Gasteiger partial charge in [-0.3, -0.25) is 4.79 Å². The van der Waals surface area contributed by atoms with Crippen molar-refractivity contribution in [2.75, 3.05) is 0 Å². The molecule has 170 valence electrons. The van der Waals surface area contributed by atoms with Gasteiger partial charge >= 0.3 is 0 Å². The molecule has 1 saturated heterocycles. The third-order valence-corrected chi connectivity index (χ3v) is 5.18. The highest BCUT2D eigenvalue weighted by atomic mass is 16.7. The van der Waals surface area contributed by atoms with E-state index >= 15 is 0 Å². The number of phenols is 3. The summed E-state index contributed by atoms with van der Waals surface area (Å²) in [6.07, 6.45) is -7.40. The monoisotopic (exact) mass is 447 g/mol. The molecule has 6 N–H and O–H groups in total. The first-order valence-electron chi connectivity index (χ1n) is 9.48. The molecule has 1 aliphatic heterocycles. The second-order valence-corrected chi connectivity index (χ2v) is 7.41. The molecule has 2 aromatic carbocycles. The fraction of sp³-hybridized carbons (Fsp3) is 0.286. The van der Waals surface area contributed by atoms with Gasteiger partial charge in [-0.15, -0.1) is 0 Å². The normalized spacial score (nSPS) is 25.7. The lowest BCUT2D eigenvalue weighted by Gasteiger charge is -2.38. The lowest BCUT2D eigenvalue weighted by Crippen LogP contribution is -2.58. The molecule has 11 heteroatoms. The number of rotatable bonds is 3. The van der Waals surface area contributed by atoms with Crippen LogP contribution >= 0.6 is 0 Å². The summed E-state index contributed by atoms with van der Waals surface area (Å²) in [6.45, 7) is 1.42. The molecular formula is C21H19O11-. The van der Waals surface area contributed by atoms with E-state index < -0.39 is 64.9 Å². The van der Waals surface area contributed by atoms with Gasteiger partial charge < -0.3 is 49.6 Å². The van der Waals surface area contributed by atoms with Gasteiger partial charge in [0.05, 0.1) is 6.10 Å². The minimum absolute atomic E-state index is 0.0258. The van der Waals surface area contributed by atoms with Crippen molar-refractivity contribution in [3.05, 3.63) is 40.6 Å². The van der Waals surface area contributed by atoms with Crippen LogP contribution in [0.1, 0.15) is 6.92 Å². The van der Waals surface area contributed by atoms with E-state index in [0.29, 0.717) is 0 Å². The third kappa shape index (κ3) is 3.56. The second kappa shape index (κ2) is 7.88. The number of hydrogen-bond donors (Lipinski definition) is 6.